The number of ether oxygens (including phenoxy) is 4. The molecule has 7 rings (SSSR count). The van der Waals surface area contributed by atoms with Crippen LogP contribution >= 0.6 is 22.7 Å². The van der Waals surface area contributed by atoms with Crippen LogP contribution in [0.15, 0.2) is 58.5 Å². The molecule has 1 fully saturated rings. The van der Waals surface area contributed by atoms with Crippen LogP contribution in [0, 0.1) is 0 Å². The zero-order chi connectivity index (χ0) is 27.9. The summed E-state index contributed by atoms with van der Waals surface area (Å²) in [5.41, 5.74) is 3.58. The molecule has 1 aliphatic heterocycles. The van der Waals surface area contributed by atoms with Gasteiger partial charge in [-0.3, -0.25) is 4.79 Å². The molecular weight excluding hydrogens is 566 g/mol. The van der Waals surface area contributed by atoms with Crippen LogP contribution < -0.4 is 19.5 Å². The second kappa shape index (κ2) is 10.5. The average Bonchev–Trinajstić information content (AvgIpc) is 3.76. The van der Waals surface area contributed by atoms with Crippen LogP contribution in [0.2, 0.25) is 0 Å². The van der Waals surface area contributed by atoms with Gasteiger partial charge >= 0.3 is 0 Å². The van der Waals surface area contributed by atoms with Gasteiger partial charge in [-0.25, -0.2) is 14.5 Å². The molecule has 5 heterocycles. The summed E-state index contributed by atoms with van der Waals surface area (Å²) < 4.78 is 29.8. The standard InChI is InChI=1S/C28H23N5O6S2/c1-35-19-7-22(20-9-24(39-23(20)8-19)21-10-33-27(31-21)41-28(32-33)36-2)38-13-18-14-40-26(30-18)16-5-3-15(4-6-16)25(34)29-17-11-37-12-17/h3-10,14,17H,11-13H2,1-2H3,(H,29,34). The van der Waals surface area contributed by atoms with Gasteiger partial charge in [0.15, 0.2) is 5.76 Å². The number of hydrogen-bond acceptors (Lipinski definition) is 11. The Bertz CT molecular complexity index is 1840. The summed E-state index contributed by atoms with van der Waals surface area (Å²) in [6, 6.07) is 13.1. The summed E-state index contributed by atoms with van der Waals surface area (Å²) in [5.74, 6) is 1.70. The van der Waals surface area contributed by atoms with Gasteiger partial charge in [-0.1, -0.05) is 12.1 Å². The quantitative estimate of drug-likeness (QED) is 0.247. The highest BCUT2D eigenvalue weighted by molar-refractivity contribution is 7.18. The third-order valence-electron chi connectivity index (χ3n) is 6.56. The summed E-state index contributed by atoms with van der Waals surface area (Å²) in [6.45, 7) is 1.38. The second-order valence-electron chi connectivity index (χ2n) is 9.29. The number of nitrogens with zero attached hydrogens (tertiary/aromatic N) is 4. The lowest BCUT2D eigenvalue weighted by molar-refractivity contribution is -0.00346. The van der Waals surface area contributed by atoms with Crippen LogP contribution in [-0.4, -0.2) is 59.0 Å². The highest BCUT2D eigenvalue weighted by Crippen LogP contribution is 2.38. The first-order valence-corrected chi connectivity index (χ1v) is 14.3. The Morgan fingerprint density at radius 1 is 1.12 bits per heavy atom. The number of furan rings is 1. The van der Waals surface area contributed by atoms with E-state index < -0.39 is 0 Å². The first-order chi connectivity index (χ1) is 20.1. The van der Waals surface area contributed by atoms with E-state index in [1.54, 1.807) is 24.9 Å². The zero-order valence-electron chi connectivity index (χ0n) is 21.9. The summed E-state index contributed by atoms with van der Waals surface area (Å²) in [5, 5.41) is 11.4. The van der Waals surface area contributed by atoms with Crippen molar-refractivity contribution in [3.63, 3.8) is 0 Å². The second-order valence-corrected chi connectivity index (χ2v) is 11.1. The molecule has 0 bridgehead atoms. The largest absolute Gasteiger partial charge is 0.496 e. The number of imidazole rings is 1. The van der Waals surface area contributed by atoms with Gasteiger partial charge in [0.1, 0.15) is 34.4 Å². The summed E-state index contributed by atoms with van der Waals surface area (Å²) in [4.78, 5) is 22.4. The number of hydrogen-bond donors (Lipinski definition) is 1. The van der Waals surface area contributed by atoms with E-state index >= 15 is 0 Å². The SMILES string of the molecule is COc1cc(OCc2csc(-c3ccc(C(=O)NC4COC4)cc3)n2)c2cc(-c3cn4nc(OC)sc4n3)oc2c1. The minimum Gasteiger partial charge on any atom is -0.496 e. The Hall–Kier alpha value is -4.46. The van der Waals surface area contributed by atoms with E-state index in [1.807, 2.05) is 47.8 Å². The van der Waals surface area contributed by atoms with Crippen molar-refractivity contribution in [3.8, 4) is 38.7 Å². The molecule has 0 spiro atoms. The van der Waals surface area contributed by atoms with Crippen molar-refractivity contribution in [2.75, 3.05) is 27.4 Å². The van der Waals surface area contributed by atoms with Crippen molar-refractivity contribution in [2.45, 2.75) is 12.6 Å². The molecule has 1 N–H and O–H groups in total. The van der Waals surface area contributed by atoms with Crippen molar-refractivity contribution in [2.24, 2.45) is 0 Å². The number of carbonyl (C=O) groups excluding carboxylic acids is 1. The number of nitrogens with one attached hydrogen (secondary N) is 1. The van der Waals surface area contributed by atoms with Gasteiger partial charge in [-0.05, 0) is 29.5 Å². The lowest BCUT2D eigenvalue weighted by Gasteiger charge is -2.26. The normalized spacial score (nSPS) is 13.4. The van der Waals surface area contributed by atoms with Crippen LogP contribution in [0.4, 0.5) is 0 Å². The Morgan fingerprint density at radius 3 is 2.71 bits per heavy atom. The van der Waals surface area contributed by atoms with Crippen molar-refractivity contribution in [1.82, 2.24) is 24.9 Å². The molecule has 13 heteroatoms. The number of fused-ring (bicyclic) bond motifs is 2. The molecule has 0 aliphatic carbocycles. The maximum Gasteiger partial charge on any atom is 0.294 e. The maximum absolute atomic E-state index is 12.4. The first kappa shape index (κ1) is 25.5. The molecule has 208 valence electrons. The monoisotopic (exact) mass is 589 g/mol. The van der Waals surface area contributed by atoms with E-state index in [2.05, 4.69) is 15.4 Å². The van der Waals surface area contributed by atoms with Gasteiger partial charge < -0.3 is 28.7 Å². The number of amides is 1. The highest BCUT2D eigenvalue weighted by atomic mass is 32.1. The van der Waals surface area contributed by atoms with Crippen LogP contribution in [0.25, 0.3) is 38.0 Å². The number of carbonyl (C=O) groups is 1. The summed E-state index contributed by atoms with van der Waals surface area (Å²) in [7, 11) is 3.17. The number of methoxy groups -OCH3 is 2. The smallest absolute Gasteiger partial charge is 0.294 e. The van der Waals surface area contributed by atoms with E-state index in [4.69, 9.17) is 28.3 Å². The molecule has 1 amide bonds. The fourth-order valence-corrected chi connectivity index (χ4v) is 5.85. The minimum absolute atomic E-state index is 0.0908. The minimum atomic E-state index is -0.102. The predicted octanol–water partition coefficient (Wildman–Crippen LogP) is 5.05. The molecule has 41 heavy (non-hydrogen) atoms. The molecule has 6 aromatic rings. The lowest BCUT2D eigenvalue weighted by Crippen LogP contribution is -2.48. The van der Waals surface area contributed by atoms with Crippen molar-refractivity contribution < 1.29 is 28.2 Å². The molecule has 1 aliphatic rings. The van der Waals surface area contributed by atoms with E-state index in [1.165, 1.54) is 22.7 Å². The van der Waals surface area contributed by atoms with Crippen LogP contribution in [0.5, 0.6) is 16.7 Å². The van der Waals surface area contributed by atoms with Crippen molar-refractivity contribution >= 4 is 44.5 Å². The van der Waals surface area contributed by atoms with Crippen LogP contribution in [0.3, 0.4) is 0 Å². The Labute approximate surface area is 241 Å². The Morgan fingerprint density at radius 2 is 1.98 bits per heavy atom. The van der Waals surface area contributed by atoms with Crippen molar-refractivity contribution in [3.05, 3.63) is 65.3 Å². The molecule has 1 saturated heterocycles. The van der Waals surface area contributed by atoms with Gasteiger partial charge in [0.25, 0.3) is 11.1 Å². The van der Waals surface area contributed by atoms with E-state index in [9.17, 15) is 4.79 Å². The first-order valence-electron chi connectivity index (χ1n) is 12.6. The molecule has 2 aromatic carbocycles. The van der Waals surface area contributed by atoms with Gasteiger partial charge in [0, 0.05) is 28.6 Å². The predicted molar refractivity (Wildman–Crippen MR) is 153 cm³/mol. The van der Waals surface area contributed by atoms with Gasteiger partial charge in [0.05, 0.1) is 50.8 Å². The van der Waals surface area contributed by atoms with E-state index in [0.29, 0.717) is 57.5 Å². The molecule has 11 nitrogen and oxygen atoms in total. The fourth-order valence-electron chi connectivity index (χ4n) is 4.34. The lowest BCUT2D eigenvalue weighted by atomic mass is 10.1. The third-order valence-corrected chi connectivity index (χ3v) is 8.38. The number of thiazole rings is 1. The highest BCUT2D eigenvalue weighted by Gasteiger charge is 2.21. The molecule has 0 unspecified atom stereocenters. The van der Waals surface area contributed by atoms with E-state index in [-0.39, 0.29) is 18.6 Å². The fraction of sp³-hybridized carbons (Fsp3) is 0.214. The van der Waals surface area contributed by atoms with Gasteiger partial charge in [-0.2, -0.15) is 0 Å². The number of aromatic nitrogens is 4. The Balaban J connectivity index is 1.08. The van der Waals surface area contributed by atoms with Crippen LogP contribution in [0.1, 0.15) is 16.1 Å². The topological polar surface area (TPSA) is 122 Å². The van der Waals surface area contributed by atoms with Gasteiger partial charge in [0.2, 0.25) is 4.96 Å². The molecular formula is C28H23N5O6S2. The molecule has 4 aromatic heterocycles. The van der Waals surface area contributed by atoms with Crippen LogP contribution in [-0.2, 0) is 11.3 Å². The average molecular weight is 590 g/mol. The summed E-state index contributed by atoms with van der Waals surface area (Å²) >= 11 is 2.86. The maximum atomic E-state index is 12.4. The molecule has 0 atom stereocenters. The zero-order valence-corrected chi connectivity index (χ0v) is 23.6. The molecule has 0 saturated carbocycles. The van der Waals surface area contributed by atoms with E-state index in [0.717, 1.165) is 21.7 Å². The Kier molecular flexibility index (Phi) is 6.53. The molecule has 0 radical (unpaired) electrons. The third kappa shape index (κ3) is 4.99. The number of rotatable bonds is 9. The summed E-state index contributed by atoms with van der Waals surface area (Å²) in [6.07, 6.45) is 1.79. The number of benzene rings is 2. The van der Waals surface area contributed by atoms with Crippen molar-refractivity contribution in [1.29, 1.82) is 0 Å². The van der Waals surface area contributed by atoms with Gasteiger partial charge in [-0.15, -0.1) is 16.4 Å².